The van der Waals surface area contributed by atoms with Crippen LogP contribution in [-0.2, 0) is 13.7 Å². The van der Waals surface area contributed by atoms with Crippen molar-refractivity contribution in [2.45, 2.75) is 20.5 Å². The third-order valence-corrected chi connectivity index (χ3v) is 5.05. The molecule has 0 saturated carbocycles. The van der Waals surface area contributed by atoms with Crippen molar-refractivity contribution in [3.05, 3.63) is 75.0 Å². The average molecular weight is 404 g/mol. The van der Waals surface area contributed by atoms with Crippen molar-refractivity contribution < 1.29 is 9.53 Å². The highest BCUT2D eigenvalue weighted by atomic mass is 35.5. The largest absolute Gasteiger partial charge is 0.487 e. The fraction of sp³-hybridized carbons (Fsp3) is 0.200. The summed E-state index contributed by atoms with van der Waals surface area (Å²) in [5, 5.41) is 8.05. The van der Waals surface area contributed by atoms with Gasteiger partial charge < -0.3 is 10.1 Å². The summed E-state index contributed by atoms with van der Waals surface area (Å²) in [6.07, 6.45) is 0. The van der Waals surface area contributed by atoms with Crippen LogP contribution in [0.4, 0.5) is 5.69 Å². The minimum Gasteiger partial charge on any atom is -0.487 e. The van der Waals surface area contributed by atoms with E-state index in [9.17, 15) is 4.79 Å². The van der Waals surface area contributed by atoms with Gasteiger partial charge in [-0.05, 0) is 43.7 Å². The molecule has 3 rings (SSSR count). The van der Waals surface area contributed by atoms with E-state index in [1.54, 1.807) is 35.0 Å². The lowest BCUT2D eigenvalue weighted by Crippen LogP contribution is -2.13. The molecule has 0 spiro atoms. The van der Waals surface area contributed by atoms with Crippen molar-refractivity contribution in [3.63, 3.8) is 0 Å². The Bertz CT molecular complexity index is 999. The van der Waals surface area contributed by atoms with Crippen molar-refractivity contribution in [2.75, 3.05) is 5.32 Å². The smallest absolute Gasteiger partial charge is 0.255 e. The second-order valence-electron chi connectivity index (χ2n) is 6.16. The fourth-order valence-electron chi connectivity index (χ4n) is 2.70. The monoisotopic (exact) mass is 403 g/mol. The van der Waals surface area contributed by atoms with Crippen LogP contribution in [0.15, 0.2) is 42.5 Å². The number of aryl methyl sites for hydroxylation is 2. The van der Waals surface area contributed by atoms with Crippen molar-refractivity contribution in [2.24, 2.45) is 7.05 Å². The third kappa shape index (κ3) is 4.26. The second kappa shape index (κ2) is 8.03. The fourth-order valence-corrected chi connectivity index (χ4v) is 3.05. The van der Waals surface area contributed by atoms with E-state index in [1.807, 2.05) is 33.0 Å². The summed E-state index contributed by atoms with van der Waals surface area (Å²) in [5.74, 6) is 0.303. The van der Waals surface area contributed by atoms with Gasteiger partial charge >= 0.3 is 0 Å². The number of rotatable bonds is 5. The SMILES string of the molecule is Cc1nn(C)c(C)c1NC(=O)c1cccc(COc2cccc(Cl)c2Cl)c1. The maximum atomic E-state index is 12.6. The molecule has 7 heteroatoms. The van der Waals surface area contributed by atoms with Crippen LogP contribution in [0.1, 0.15) is 27.3 Å². The van der Waals surface area contributed by atoms with Crippen LogP contribution >= 0.6 is 23.2 Å². The Labute approximate surface area is 167 Å². The molecule has 27 heavy (non-hydrogen) atoms. The predicted octanol–water partition coefficient (Wildman–Crippen LogP) is 5.18. The number of benzene rings is 2. The zero-order chi connectivity index (χ0) is 19.6. The van der Waals surface area contributed by atoms with Crippen molar-refractivity contribution in [1.29, 1.82) is 0 Å². The zero-order valence-electron chi connectivity index (χ0n) is 15.2. The maximum absolute atomic E-state index is 12.6. The lowest BCUT2D eigenvalue weighted by Gasteiger charge is -2.10. The number of amides is 1. The number of carbonyl (C=O) groups is 1. The quantitative estimate of drug-likeness (QED) is 0.638. The minimum absolute atomic E-state index is 0.197. The summed E-state index contributed by atoms with van der Waals surface area (Å²) in [6, 6.07) is 12.5. The molecule has 1 N–H and O–H groups in total. The molecule has 0 aliphatic heterocycles. The summed E-state index contributed by atoms with van der Waals surface area (Å²) < 4.78 is 7.48. The first kappa shape index (κ1) is 19.3. The number of nitrogens with one attached hydrogen (secondary N) is 1. The Morgan fingerprint density at radius 1 is 1.19 bits per heavy atom. The van der Waals surface area contributed by atoms with Gasteiger partial charge in [0.1, 0.15) is 17.4 Å². The number of halogens is 2. The Balaban J connectivity index is 1.73. The van der Waals surface area contributed by atoms with Crippen LogP contribution in [0.3, 0.4) is 0 Å². The van der Waals surface area contributed by atoms with Gasteiger partial charge in [0.2, 0.25) is 0 Å². The molecule has 1 aromatic heterocycles. The molecule has 0 fully saturated rings. The number of anilines is 1. The molecule has 0 aliphatic carbocycles. The van der Waals surface area contributed by atoms with E-state index in [0.29, 0.717) is 21.4 Å². The van der Waals surface area contributed by atoms with Gasteiger partial charge in [-0.25, -0.2) is 0 Å². The van der Waals surface area contributed by atoms with Crippen LogP contribution in [0.25, 0.3) is 0 Å². The number of aromatic nitrogens is 2. The summed E-state index contributed by atoms with van der Waals surface area (Å²) in [5.41, 5.74) is 3.79. The number of ether oxygens (including phenoxy) is 1. The first-order chi connectivity index (χ1) is 12.9. The summed E-state index contributed by atoms with van der Waals surface area (Å²) in [4.78, 5) is 12.6. The van der Waals surface area contributed by atoms with Gasteiger partial charge in [0.05, 0.1) is 22.1 Å². The molecule has 1 heterocycles. The van der Waals surface area contributed by atoms with Crippen LogP contribution in [0, 0.1) is 13.8 Å². The minimum atomic E-state index is -0.197. The topological polar surface area (TPSA) is 56.2 Å². The average Bonchev–Trinajstić information content (AvgIpc) is 2.89. The molecular formula is C20H19Cl2N3O2. The normalized spacial score (nSPS) is 10.7. The van der Waals surface area contributed by atoms with E-state index < -0.39 is 0 Å². The lowest BCUT2D eigenvalue weighted by atomic mass is 10.1. The Hall–Kier alpha value is -2.50. The molecule has 0 aliphatic rings. The van der Waals surface area contributed by atoms with Gasteiger partial charge in [0.15, 0.2) is 0 Å². The van der Waals surface area contributed by atoms with Gasteiger partial charge in [-0.1, -0.05) is 41.4 Å². The molecule has 1 amide bonds. The molecule has 0 unspecified atom stereocenters. The highest BCUT2D eigenvalue weighted by molar-refractivity contribution is 6.42. The van der Waals surface area contributed by atoms with Crippen LogP contribution in [0.5, 0.6) is 5.75 Å². The zero-order valence-corrected chi connectivity index (χ0v) is 16.7. The van der Waals surface area contributed by atoms with Gasteiger partial charge in [-0.3, -0.25) is 9.48 Å². The van der Waals surface area contributed by atoms with E-state index in [0.717, 1.165) is 22.6 Å². The second-order valence-corrected chi connectivity index (χ2v) is 6.95. The molecule has 5 nitrogen and oxygen atoms in total. The molecule has 2 aromatic carbocycles. The number of carbonyl (C=O) groups excluding carboxylic acids is 1. The van der Waals surface area contributed by atoms with Crippen LogP contribution < -0.4 is 10.1 Å². The molecule has 0 bridgehead atoms. The number of nitrogens with zero attached hydrogens (tertiary/aromatic N) is 2. The van der Waals surface area contributed by atoms with E-state index in [-0.39, 0.29) is 12.5 Å². The first-order valence-electron chi connectivity index (χ1n) is 8.34. The standard InChI is InChI=1S/C20H19Cl2N3O2/c1-12-19(13(2)25(3)24-12)23-20(26)15-7-4-6-14(10-15)11-27-17-9-5-8-16(21)18(17)22/h4-10H,11H2,1-3H3,(H,23,26). The van der Waals surface area contributed by atoms with E-state index in [4.69, 9.17) is 27.9 Å². The molecular weight excluding hydrogens is 385 g/mol. The third-order valence-electron chi connectivity index (χ3n) is 4.25. The van der Waals surface area contributed by atoms with Crippen LogP contribution in [0.2, 0.25) is 10.0 Å². The molecule has 0 atom stereocenters. The predicted molar refractivity (Wildman–Crippen MR) is 108 cm³/mol. The van der Waals surface area contributed by atoms with E-state index in [1.165, 1.54) is 0 Å². The molecule has 0 radical (unpaired) electrons. The van der Waals surface area contributed by atoms with E-state index in [2.05, 4.69) is 10.4 Å². The first-order valence-corrected chi connectivity index (χ1v) is 9.09. The summed E-state index contributed by atoms with van der Waals surface area (Å²) in [7, 11) is 1.84. The van der Waals surface area contributed by atoms with E-state index >= 15 is 0 Å². The van der Waals surface area contributed by atoms with Gasteiger partial charge in [0.25, 0.3) is 5.91 Å². The Kier molecular flexibility index (Phi) is 5.73. The maximum Gasteiger partial charge on any atom is 0.255 e. The van der Waals surface area contributed by atoms with Crippen molar-refractivity contribution in [1.82, 2.24) is 9.78 Å². The van der Waals surface area contributed by atoms with Gasteiger partial charge in [-0.2, -0.15) is 5.10 Å². The molecule has 0 saturated heterocycles. The highest BCUT2D eigenvalue weighted by Gasteiger charge is 2.14. The number of hydrogen-bond donors (Lipinski definition) is 1. The van der Waals surface area contributed by atoms with Crippen molar-refractivity contribution >= 4 is 34.8 Å². The Morgan fingerprint density at radius 2 is 1.93 bits per heavy atom. The molecule has 140 valence electrons. The summed E-state index contributed by atoms with van der Waals surface area (Å²) >= 11 is 12.1. The summed E-state index contributed by atoms with van der Waals surface area (Å²) in [6.45, 7) is 4.04. The van der Waals surface area contributed by atoms with Crippen molar-refractivity contribution in [3.8, 4) is 5.75 Å². The van der Waals surface area contributed by atoms with Gasteiger partial charge in [0, 0.05) is 12.6 Å². The van der Waals surface area contributed by atoms with Crippen LogP contribution in [-0.4, -0.2) is 15.7 Å². The lowest BCUT2D eigenvalue weighted by molar-refractivity contribution is 0.102. The highest BCUT2D eigenvalue weighted by Crippen LogP contribution is 2.32. The Morgan fingerprint density at radius 3 is 2.63 bits per heavy atom. The van der Waals surface area contributed by atoms with Gasteiger partial charge in [-0.15, -0.1) is 0 Å². The molecule has 3 aromatic rings. The number of hydrogen-bond acceptors (Lipinski definition) is 3.